The Labute approximate surface area is 164 Å². The molecule has 0 unspecified atom stereocenters. The van der Waals surface area contributed by atoms with E-state index in [1.165, 1.54) is 22.1 Å². The normalized spacial score (nSPS) is 16.0. The summed E-state index contributed by atoms with van der Waals surface area (Å²) >= 11 is 1.53. The number of carbonyl (C=O) groups excluding carboxylic acids is 2. The van der Waals surface area contributed by atoms with Crippen LogP contribution in [-0.2, 0) is 4.79 Å². The Bertz CT molecular complexity index is 1130. The summed E-state index contributed by atoms with van der Waals surface area (Å²) in [5.74, 6) is -2.47. The van der Waals surface area contributed by atoms with Gasteiger partial charge >= 0.3 is 0 Å². The molecule has 144 valence electrons. The predicted molar refractivity (Wildman–Crippen MR) is 102 cm³/mol. The Morgan fingerprint density at radius 2 is 2.00 bits per heavy atom. The van der Waals surface area contributed by atoms with Crippen molar-refractivity contribution >= 4 is 28.8 Å². The van der Waals surface area contributed by atoms with E-state index in [1.54, 1.807) is 6.92 Å². The van der Waals surface area contributed by atoms with Gasteiger partial charge in [0.05, 0.1) is 11.6 Å². The number of benzene rings is 1. The standard InChI is InChI=1S/C20H17F2N3O2S/c1-9-6-13(11(3)28-9)19(27)14-8-17(26)23-20-18(14)10(2)24-25(20)16-5-4-12(21)7-15(16)22/h4-7,14H,8H2,1-3H3,(H,23,26)/t14-/m0/s1. The first kappa shape index (κ1) is 18.5. The van der Waals surface area contributed by atoms with E-state index in [2.05, 4.69) is 10.4 Å². The third-order valence-corrected chi connectivity index (χ3v) is 5.83. The summed E-state index contributed by atoms with van der Waals surface area (Å²) in [5, 5.41) is 7.03. The molecule has 1 aliphatic rings. The highest BCUT2D eigenvalue weighted by molar-refractivity contribution is 7.12. The number of aromatic nitrogens is 2. The minimum absolute atomic E-state index is 0.00139. The number of hydrogen-bond donors (Lipinski definition) is 1. The molecule has 2 aromatic heterocycles. The lowest BCUT2D eigenvalue weighted by molar-refractivity contribution is -0.116. The molecular formula is C20H17F2N3O2S. The van der Waals surface area contributed by atoms with E-state index in [0.717, 1.165) is 21.9 Å². The second-order valence-corrected chi connectivity index (χ2v) is 8.31. The lowest BCUT2D eigenvalue weighted by Crippen LogP contribution is -2.28. The van der Waals surface area contributed by atoms with Gasteiger partial charge in [0, 0.05) is 33.4 Å². The fraction of sp³-hybridized carbons (Fsp3) is 0.250. The van der Waals surface area contributed by atoms with Gasteiger partial charge in [-0.05, 0) is 39.0 Å². The van der Waals surface area contributed by atoms with Gasteiger partial charge < -0.3 is 5.32 Å². The van der Waals surface area contributed by atoms with Crippen LogP contribution < -0.4 is 5.32 Å². The number of nitrogens with one attached hydrogen (secondary N) is 1. The lowest BCUT2D eigenvalue weighted by atomic mass is 9.85. The molecule has 1 aliphatic heterocycles. The van der Waals surface area contributed by atoms with Crippen LogP contribution in [0, 0.1) is 32.4 Å². The van der Waals surface area contributed by atoms with Crippen LogP contribution in [0.5, 0.6) is 0 Å². The monoisotopic (exact) mass is 401 g/mol. The molecule has 1 aromatic carbocycles. The van der Waals surface area contributed by atoms with E-state index < -0.39 is 17.6 Å². The zero-order valence-corrected chi connectivity index (χ0v) is 16.3. The maximum absolute atomic E-state index is 14.3. The first-order valence-corrected chi connectivity index (χ1v) is 9.54. The van der Waals surface area contributed by atoms with E-state index in [4.69, 9.17) is 0 Å². The Morgan fingerprint density at radius 1 is 1.25 bits per heavy atom. The molecule has 0 spiro atoms. The van der Waals surface area contributed by atoms with Gasteiger partial charge in [-0.1, -0.05) is 0 Å². The summed E-state index contributed by atoms with van der Waals surface area (Å²) in [6.07, 6.45) is -0.00139. The minimum Gasteiger partial charge on any atom is -0.310 e. The first-order chi connectivity index (χ1) is 13.3. The van der Waals surface area contributed by atoms with E-state index >= 15 is 0 Å². The van der Waals surface area contributed by atoms with Gasteiger partial charge in [-0.3, -0.25) is 9.59 Å². The molecule has 0 saturated heterocycles. The third kappa shape index (κ3) is 2.93. The smallest absolute Gasteiger partial charge is 0.226 e. The summed E-state index contributed by atoms with van der Waals surface area (Å²) < 4.78 is 28.8. The molecule has 28 heavy (non-hydrogen) atoms. The first-order valence-electron chi connectivity index (χ1n) is 8.72. The van der Waals surface area contributed by atoms with Crippen molar-refractivity contribution in [3.63, 3.8) is 0 Å². The molecule has 8 heteroatoms. The van der Waals surface area contributed by atoms with Gasteiger partial charge in [-0.2, -0.15) is 5.10 Å². The molecule has 0 bridgehead atoms. The summed E-state index contributed by atoms with van der Waals surface area (Å²) in [5.41, 5.74) is 1.67. The van der Waals surface area contributed by atoms with Gasteiger partial charge in [0.25, 0.3) is 0 Å². The number of fused-ring (bicyclic) bond motifs is 1. The van der Waals surface area contributed by atoms with Crippen LogP contribution in [0.2, 0.25) is 0 Å². The Morgan fingerprint density at radius 3 is 2.64 bits per heavy atom. The van der Waals surface area contributed by atoms with Gasteiger partial charge in [-0.15, -0.1) is 11.3 Å². The van der Waals surface area contributed by atoms with Crippen molar-refractivity contribution in [2.75, 3.05) is 5.32 Å². The van der Waals surface area contributed by atoms with Gasteiger partial charge in [0.2, 0.25) is 5.91 Å². The molecule has 1 N–H and O–H groups in total. The molecule has 0 fully saturated rings. The Hall–Kier alpha value is -2.87. The number of halogens is 2. The number of aryl methyl sites for hydroxylation is 3. The largest absolute Gasteiger partial charge is 0.310 e. The average molecular weight is 401 g/mol. The summed E-state index contributed by atoms with van der Waals surface area (Å²) in [6.45, 7) is 5.51. The van der Waals surface area contributed by atoms with Crippen molar-refractivity contribution in [1.82, 2.24) is 9.78 Å². The van der Waals surface area contributed by atoms with Crippen LogP contribution in [0.1, 0.15) is 43.7 Å². The summed E-state index contributed by atoms with van der Waals surface area (Å²) in [4.78, 5) is 27.5. The van der Waals surface area contributed by atoms with Crippen molar-refractivity contribution in [2.45, 2.75) is 33.1 Å². The summed E-state index contributed by atoms with van der Waals surface area (Å²) in [7, 11) is 0. The van der Waals surface area contributed by atoms with Crippen molar-refractivity contribution < 1.29 is 18.4 Å². The average Bonchev–Trinajstić information content (AvgIpc) is 3.12. The van der Waals surface area contributed by atoms with E-state index in [-0.39, 0.29) is 29.6 Å². The zero-order chi connectivity index (χ0) is 20.2. The third-order valence-electron chi connectivity index (χ3n) is 4.86. The highest BCUT2D eigenvalue weighted by atomic mass is 32.1. The predicted octanol–water partition coefficient (Wildman–Crippen LogP) is 4.45. The second-order valence-electron chi connectivity index (χ2n) is 6.85. The fourth-order valence-corrected chi connectivity index (χ4v) is 4.59. The van der Waals surface area contributed by atoms with Crippen LogP contribution in [0.3, 0.4) is 0 Å². The van der Waals surface area contributed by atoms with Crippen LogP contribution in [0.4, 0.5) is 14.6 Å². The summed E-state index contributed by atoms with van der Waals surface area (Å²) in [6, 6.07) is 4.95. The molecular weight excluding hydrogens is 384 g/mol. The van der Waals surface area contributed by atoms with Gasteiger partial charge in [-0.25, -0.2) is 13.5 Å². The molecule has 0 radical (unpaired) electrons. The van der Waals surface area contributed by atoms with Crippen LogP contribution in [0.25, 0.3) is 5.69 Å². The number of carbonyl (C=O) groups is 2. The Kier molecular flexibility index (Phi) is 4.38. The van der Waals surface area contributed by atoms with Gasteiger partial charge in [0.1, 0.15) is 17.3 Å². The maximum atomic E-state index is 14.3. The number of rotatable bonds is 3. The molecule has 3 aromatic rings. The number of hydrogen-bond acceptors (Lipinski definition) is 4. The Balaban J connectivity index is 1.86. The molecule has 1 amide bonds. The highest BCUT2D eigenvalue weighted by Crippen LogP contribution is 2.39. The zero-order valence-electron chi connectivity index (χ0n) is 15.5. The fourth-order valence-electron chi connectivity index (χ4n) is 3.66. The molecule has 4 rings (SSSR count). The van der Waals surface area contributed by atoms with Crippen molar-refractivity contribution in [2.24, 2.45) is 0 Å². The van der Waals surface area contributed by atoms with E-state index in [9.17, 15) is 18.4 Å². The van der Waals surface area contributed by atoms with Crippen molar-refractivity contribution in [3.8, 4) is 5.69 Å². The van der Waals surface area contributed by atoms with E-state index in [1.807, 2.05) is 19.9 Å². The van der Waals surface area contributed by atoms with E-state index in [0.29, 0.717) is 16.8 Å². The molecule has 3 heterocycles. The quantitative estimate of drug-likeness (QED) is 0.660. The van der Waals surface area contributed by atoms with Crippen LogP contribution in [-0.4, -0.2) is 21.5 Å². The van der Waals surface area contributed by atoms with Crippen LogP contribution >= 0.6 is 11.3 Å². The number of thiophene rings is 1. The molecule has 1 atom stereocenters. The number of anilines is 1. The van der Waals surface area contributed by atoms with Crippen LogP contribution in [0.15, 0.2) is 24.3 Å². The number of Topliss-reactive ketones (excluding diaryl/α,β-unsaturated/α-hetero) is 1. The molecule has 0 saturated carbocycles. The number of nitrogens with zero attached hydrogens (tertiary/aromatic N) is 2. The topological polar surface area (TPSA) is 64.0 Å². The van der Waals surface area contributed by atoms with Gasteiger partial charge in [0.15, 0.2) is 11.6 Å². The number of ketones is 1. The molecule has 5 nitrogen and oxygen atoms in total. The minimum atomic E-state index is -0.808. The molecule has 0 aliphatic carbocycles. The lowest BCUT2D eigenvalue weighted by Gasteiger charge is -2.23. The maximum Gasteiger partial charge on any atom is 0.226 e. The van der Waals surface area contributed by atoms with Crippen molar-refractivity contribution in [1.29, 1.82) is 0 Å². The SMILES string of the molecule is Cc1cc(C(=O)[C@H]2CC(=O)Nc3c2c(C)nn3-c2ccc(F)cc2F)c(C)s1. The van der Waals surface area contributed by atoms with Crippen molar-refractivity contribution in [3.05, 3.63) is 62.5 Å². The second kappa shape index (κ2) is 6.63. The highest BCUT2D eigenvalue weighted by Gasteiger charge is 2.37. The number of amides is 1.